The van der Waals surface area contributed by atoms with E-state index in [1.165, 1.54) is 0 Å². The van der Waals surface area contributed by atoms with Gasteiger partial charge in [-0.3, -0.25) is 14.5 Å². The van der Waals surface area contributed by atoms with Gasteiger partial charge < -0.3 is 14.9 Å². The molecule has 0 saturated heterocycles. The summed E-state index contributed by atoms with van der Waals surface area (Å²) in [7, 11) is 0. The van der Waals surface area contributed by atoms with Crippen LogP contribution in [0.25, 0.3) is 0 Å². The first-order chi connectivity index (χ1) is 15.1. The minimum Gasteiger partial charge on any atom is -0.445 e. The molecule has 0 aliphatic heterocycles. The zero-order valence-electron chi connectivity index (χ0n) is 18.7. The van der Waals surface area contributed by atoms with Gasteiger partial charge >= 0.3 is 11.8 Å². The van der Waals surface area contributed by atoms with Gasteiger partial charge in [0.05, 0.1) is 0 Å². The highest BCUT2D eigenvalue weighted by atomic mass is 16.6. The van der Waals surface area contributed by atoms with E-state index in [1.54, 1.807) is 24.3 Å². The average Bonchev–Trinajstić information content (AvgIpc) is 3.16. The van der Waals surface area contributed by atoms with Crippen LogP contribution in [0.4, 0.5) is 4.79 Å². The first-order valence-corrected chi connectivity index (χ1v) is 10.5. The molecule has 0 saturated carbocycles. The zero-order valence-corrected chi connectivity index (χ0v) is 18.7. The number of ether oxygens (including phenoxy) is 1. The van der Waals surface area contributed by atoms with Crippen LogP contribution < -0.4 is 11.5 Å². The summed E-state index contributed by atoms with van der Waals surface area (Å²) in [4.78, 5) is 51.3. The summed E-state index contributed by atoms with van der Waals surface area (Å²) >= 11 is 0. The Labute approximate surface area is 186 Å². The molecule has 10 heteroatoms. The number of rotatable bonds is 11. The van der Waals surface area contributed by atoms with E-state index in [-0.39, 0.29) is 31.3 Å². The molecule has 0 unspecified atom stereocenters. The Hall–Kier alpha value is -3.43. The SMILES string of the molecule is CC(C)C[C@@H](C(N)=O)N(C(=O)OCc1ccccc1)[C@@H](CC(C)C)C(=O)c1n[nH]c(=O)o1. The molecular formula is C22H30N4O6. The summed E-state index contributed by atoms with van der Waals surface area (Å²) in [6.45, 7) is 7.40. The fourth-order valence-electron chi connectivity index (χ4n) is 3.35. The normalized spacial score (nSPS) is 13.1. The Morgan fingerprint density at radius 3 is 2.16 bits per heavy atom. The van der Waals surface area contributed by atoms with E-state index in [0.29, 0.717) is 0 Å². The molecule has 0 aliphatic rings. The number of carbonyl (C=O) groups is 3. The Morgan fingerprint density at radius 1 is 1.06 bits per heavy atom. The number of H-pyrrole nitrogens is 1. The number of carbonyl (C=O) groups excluding carboxylic acids is 3. The average molecular weight is 447 g/mol. The number of amides is 2. The first kappa shape index (κ1) is 24.8. The molecule has 2 atom stereocenters. The number of hydrogen-bond acceptors (Lipinski definition) is 7. The topological polar surface area (TPSA) is 149 Å². The lowest BCUT2D eigenvalue weighted by atomic mass is 9.94. The van der Waals surface area contributed by atoms with Crippen LogP contribution in [0.15, 0.2) is 39.5 Å². The Kier molecular flexibility index (Phi) is 8.74. The number of primary amides is 1. The lowest BCUT2D eigenvalue weighted by molar-refractivity contribution is -0.124. The van der Waals surface area contributed by atoms with Crippen molar-refractivity contribution in [2.24, 2.45) is 17.6 Å². The van der Waals surface area contributed by atoms with E-state index in [1.807, 2.05) is 38.9 Å². The molecule has 0 fully saturated rings. The number of nitrogens with zero attached hydrogens (tertiary/aromatic N) is 2. The molecule has 2 amide bonds. The number of aromatic nitrogens is 2. The maximum atomic E-state index is 13.2. The number of nitrogens with two attached hydrogens (primary N) is 1. The van der Waals surface area contributed by atoms with Crippen molar-refractivity contribution in [1.29, 1.82) is 0 Å². The van der Waals surface area contributed by atoms with Crippen molar-refractivity contribution in [2.75, 3.05) is 0 Å². The molecule has 0 radical (unpaired) electrons. The van der Waals surface area contributed by atoms with E-state index >= 15 is 0 Å². The van der Waals surface area contributed by atoms with Crippen molar-refractivity contribution in [1.82, 2.24) is 15.1 Å². The molecule has 10 nitrogen and oxygen atoms in total. The molecule has 174 valence electrons. The molecule has 2 aromatic rings. The quantitative estimate of drug-likeness (QED) is 0.504. The number of aromatic amines is 1. The van der Waals surface area contributed by atoms with Gasteiger partial charge in [-0.15, -0.1) is 5.10 Å². The third-order valence-electron chi connectivity index (χ3n) is 4.76. The highest BCUT2D eigenvalue weighted by Gasteiger charge is 2.41. The van der Waals surface area contributed by atoms with Crippen LogP contribution in [0.5, 0.6) is 0 Å². The van der Waals surface area contributed by atoms with E-state index in [9.17, 15) is 19.2 Å². The largest absolute Gasteiger partial charge is 0.445 e. The summed E-state index contributed by atoms with van der Waals surface area (Å²) in [5.41, 5.74) is 6.39. The highest BCUT2D eigenvalue weighted by molar-refractivity contribution is 5.99. The molecule has 0 spiro atoms. The van der Waals surface area contributed by atoms with Gasteiger partial charge in [0.25, 0.3) is 5.89 Å². The summed E-state index contributed by atoms with van der Waals surface area (Å²) in [5.74, 6) is -2.91. The molecule has 0 aliphatic carbocycles. The van der Waals surface area contributed by atoms with Crippen LogP contribution in [-0.2, 0) is 16.1 Å². The lowest BCUT2D eigenvalue weighted by Crippen LogP contribution is -2.56. The van der Waals surface area contributed by atoms with Crippen LogP contribution >= 0.6 is 0 Å². The van der Waals surface area contributed by atoms with E-state index in [4.69, 9.17) is 14.9 Å². The smallest absolute Gasteiger partial charge is 0.434 e. The maximum absolute atomic E-state index is 13.2. The standard InChI is InChI=1S/C22H30N4O6/c1-13(2)10-16(18(27)20-24-25-21(29)32-20)26(17(19(23)28)11-14(3)4)22(30)31-12-15-8-6-5-7-9-15/h5-9,13-14,16-17H,10-12H2,1-4H3,(H2,23,28)(H,25,29)/t16-,17-/m0/s1. The number of hydrogen-bond donors (Lipinski definition) is 2. The molecule has 2 rings (SSSR count). The predicted molar refractivity (Wildman–Crippen MR) is 116 cm³/mol. The van der Waals surface area contributed by atoms with Gasteiger partial charge in [0, 0.05) is 0 Å². The van der Waals surface area contributed by atoms with Crippen LogP contribution in [0.1, 0.15) is 56.8 Å². The summed E-state index contributed by atoms with van der Waals surface area (Å²) in [6, 6.07) is 6.74. The fourth-order valence-corrected chi connectivity index (χ4v) is 3.35. The maximum Gasteiger partial charge on any atom is 0.434 e. The first-order valence-electron chi connectivity index (χ1n) is 10.5. The van der Waals surface area contributed by atoms with Gasteiger partial charge in [0.2, 0.25) is 11.7 Å². The van der Waals surface area contributed by atoms with E-state index in [2.05, 4.69) is 5.10 Å². The van der Waals surface area contributed by atoms with Crippen LogP contribution in [0.2, 0.25) is 0 Å². The van der Waals surface area contributed by atoms with Crippen molar-refractivity contribution in [2.45, 2.75) is 59.2 Å². The van der Waals surface area contributed by atoms with Crippen LogP contribution in [-0.4, -0.2) is 45.0 Å². The Morgan fingerprint density at radius 2 is 1.66 bits per heavy atom. The molecule has 1 aromatic carbocycles. The lowest BCUT2D eigenvalue weighted by Gasteiger charge is -2.36. The van der Waals surface area contributed by atoms with Gasteiger partial charge in [-0.2, -0.15) is 0 Å². The molecular weight excluding hydrogens is 416 g/mol. The summed E-state index contributed by atoms with van der Waals surface area (Å²) < 4.78 is 10.3. The summed E-state index contributed by atoms with van der Waals surface area (Å²) in [6.07, 6.45) is -0.463. The Bertz CT molecular complexity index is 966. The monoisotopic (exact) mass is 446 g/mol. The second kappa shape index (κ2) is 11.3. The van der Waals surface area contributed by atoms with E-state index < -0.39 is 41.5 Å². The Balaban J connectivity index is 2.45. The number of benzene rings is 1. The number of nitrogens with one attached hydrogen (secondary N) is 1. The zero-order chi connectivity index (χ0) is 23.8. The summed E-state index contributed by atoms with van der Waals surface area (Å²) in [5, 5.41) is 5.63. The van der Waals surface area contributed by atoms with Crippen molar-refractivity contribution >= 4 is 17.8 Å². The minimum absolute atomic E-state index is 0.00459. The molecule has 1 heterocycles. The van der Waals surface area contributed by atoms with Gasteiger partial charge in [-0.25, -0.2) is 14.7 Å². The predicted octanol–water partition coefficient (Wildman–Crippen LogP) is 2.50. The third-order valence-corrected chi connectivity index (χ3v) is 4.76. The molecule has 0 bridgehead atoms. The molecule has 32 heavy (non-hydrogen) atoms. The molecule has 3 N–H and O–H groups in total. The van der Waals surface area contributed by atoms with Gasteiger partial charge in [0.15, 0.2) is 0 Å². The van der Waals surface area contributed by atoms with Crippen molar-refractivity contribution < 1.29 is 23.5 Å². The third kappa shape index (κ3) is 6.79. The van der Waals surface area contributed by atoms with Gasteiger partial charge in [-0.05, 0) is 30.2 Å². The van der Waals surface area contributed by atoms with E-state index in [0.717, 1.165) is 10.5 Å². The van der Waals surface area contributed by atoms with Gasteiger partial charge in [-0.1, -0.05) is 58.0 Å². The van der Waals surface area contributed by atoms with Crippen molar-refractivity contribution in [3.8, 4) is 0 Å². The second-order valence-electron chi connectivity index (χ2n) is 8.42. The van der Waals surface area contributed by atoms with Crippen molar-refractivity contribution in [3.63, 3.8) is 0 Å². The highest BCUT2D eigenvalue weighted by Crippen LogP contribution is 2.23. The minimum atomic E-state index is -1.17. The van der Waals surface area contributed by atoms with Crippen LogP contribution in [0, 0.1) is 11.8 Å². The van der Waals surface area contributed by atoms with Crippen LogP contribution in [0.3, 0.4) is 0 Å². The fraction of sp³-hybridized carbons (Fsp3) is 0.500. The molecule has 1 aromatic heterocycles. The van der Waals surface area contributed by atoms with Gasteiger partial charge in [0.1, 0.15) is 18.7 Å². The number of ketones is 1. The number of Topliss-reactive ketones (excluding diaryl/α,β-unsaturated/α-hetero) is 1. The van der Waals surface area contributed by atoms with Crippen molar-refractivity contribution in [3.05, 3.63) is 52.3 Å². The second-order valence-corrected chi connectivity index (χ2v) is 8.42.